The zero-order valence-electron chi connectivity index (χ0n) is 9.64. The summed E-state index contributed by atoms with van der Waals surface area (Å²) in [5.41, 5.74) is 0.216. The van der Waals surface area contributed by atoms with Crippen LogP contribution in [0, 0.1) is 12.7 Å². The molecule has 0 unspecified atom stereocenters. The molecule has 0 atom stereocenters. The molecular formula is C10H14F3N3O. The predicted molar refractivity (Wildman–Crippen MR) is 56.8 cm³/mol. The van der Waals surface area contributed by atoms with Crippen LogP contribution in [0.25, 0.3) is 0 Å². The lowest BCUT2D eigenvalue weighted by Gasteiger charge is -2.07. The number of anilines is 1. The highest BCUT2D eigenvalue weighted by molar-refractivity contribution is 5.37. The molecule has 0 saturated heterocycles. The average Bonchev–Trinajstić information content (AvgIpc) is 2.28. The van der Waals surface area contributed by atoms with Gasteiger partial charge in [-0.05, 0) is 6.92 Å². The maximum Gasteiger partial charge on any atom is 0.261 e. The van der Waals surface area contributed by atoms with Gasteiger partial charge in [0.15, 0.2) is 11.6 Å². The van der Waals surface area contributed by atoms with Gasteiger partial charge in [0, 0.05) is 13.5 Å². The highest BCUT2D eigenvalue weighted by Crippen LogP contribution is 2.13. The van der Waals surface area contributed by atoms with Gasteiger partial charge in [-0.2, -0.15) is 0 Å². The summed E-state index contributed by atoms with van der Waals surface area (Å²) in [7, 11) is 1.54. The van der Waals surface area contributed by atoms with Crippen molar-refractivity contribution in [3.63, 3.8) is 0 Å². The van der Waals surface area contributed by atoms with Crippen molar-refractivity contribution in [2.75, 3.05) is 25.6 Å². The number of aryl methyl sites for hydroxylation is 1. The van der Waals surface area contributed by atoms with E-state index in [4.69, 9.17) is 4.74 Å². The van der Waals surface area contributed by atoms with Crippen molar-refractivity contribution in [1.82, 2.24) is 9.97 Å². The first-order valence-corrected chi connectivity index (χ1v) is 5.11. The van der Waals surface area contributed by atoms with Crippen LogP contribution in [0.15, 0.2) is 0 Å². The number of halogens is 3. The smallest absolute Gasteiger partial charge is 0.261 e. The van der Waals surface area contributed by atoms with Crippen LogP contribution >= 0.6 is 0 Å². The molecule has 7 heteroatoms. The Bertz CT molecular complexity index is 374. The lowest BCUT2D eigenvalue weighted by Crippen LogP contribution is -2.11. The van der Waals surface area contributed by atoms with Crippen molar-refractivity contribution < 1.29 is 17.9 Å². The Labute approximate surface area is 97.2 Å². The topological polar surface area (TPSA) is 47.0 Å². The van der Waals surface area contributed by atoms with E-state index in [-0.39, 0.29) is 24.5 Å². The fraction of sp³-hybridized carbons (Fsp3) is 0.600. The molecule has 0 fully saturated rings. The minimum Gasteiger partial charge on any atom is -0.375 e. The molecule has 1 aromatic rings. The zero-order valence-corrected chi connectivity index (χ0v) is 9.64. The first-order chi connectivity index (χ1) is 8.04. The molecule has 0 aromatic carbocycles. The number of rotatable bonds is 6. The van der Waals surface area contributed by atoms with E-state index in [9.17, 15) is 13.2 Å². The molecule has 0 aliphatic rings. The van der Waals surface area contributed by atoms with E-state index in [1.807, 2.05) is 0 Å². The lowest BCUT2D eigenvalue weighted by atomic mass is 10.3. The van der Waals surface area contributed by atoms with Crippen LogP contribution in [0.3, 0.4) is 0 Å². The molecule has 0 aliphatic heterocycles. The van der Waals surface area contributed by atoms with E-state index in [1.54, 1.807) is 7.05 Å². The zero-order chi connectivity index (χ0) is 12.8. The van der Waals surface area contributed by atoms with E-state index < -0.39 is 18.8 Å². The summed E-state index contributed by atoms with van der Waals surface area (Å²) in [5.74, 6) is -0.0476. The molecule has 96 valence electrons. The number of aromatic nitrogens is 2. The van der Waals surface area contributed by atoms with Crippen LogP contribution in [-0.4, -0.2) is 36.7 Å². The summed E-state index contributed by atoms with van der Waals surface area (Å²) in [4.78, 5) is 7.81. The van der Waals surface area contributed by atoms with E-state index in [0.717, 1.165) is 0 Å². The third kappa shape index (κ3) is 4.18. The van der Waals surface area contributed by atoms with Crippen molar-refractivity contribution >= 4 is 5.82 Å². The molecule has 17 heavy (non-hydrogen) atoms. The third-order valence-corrected chi connectivity index (χ3v) is 2.01. The molecule has 0 amide bonds. The largest absolute Gasteiger partial charge is 0.375 e. The normalized spacial score (nSPS) is 10.9. The van der Waals surface area contributed by atoms with Crippen LogP contribution in [0.2, 0.25) is 0 Å². The number of nitrogens with zero attached hydrogens (tertiary/aromatic N) is 2. The Kier molecular flexibility index (Phi) is 5.14. The Hall–Kier alpha value is -1.37. The van der Waals surface area contributed by atoms with Crippen molar-refractivity contribution in [3.05, 3.63) is 17.3 Å². The van der Waals surface area contributed by atoms with Gasteiger partial charge in [-0.15, -0.1) is 0 Å². The first-order valence-electron chi connectivity index (χ1n) is 5.11. The number of ether oxygens (including phenoxy) is 1. The predicted octanol–water partition coefficient (Wildman–Crippen LogP) is 1.79. The van der Waals surface area contributed by atoms with Crippen LogP contribution in [-0.2, 0) is 11.2 Å². The maximum atomic E-state index is 13.4. The molecule has 0 saturated carbocycles. The summed E-state index contributed by atoms with van der Waals surface area (Å²) in [6.07, 6.45) is -2.22. The van der Waals surface area contributed by atoms with Crippen molar-refractivity contribution in [3.8, 4) is 0 Å². The molecule has 0 aliphatic carbocycles. The monoisotopic (exact) mass is 249 g/mol. The van der Waals surface area contributed by atoms with E-state index in [0.29, 0.717) is 5.82 Å². The number of nitrogens with one attached hydrogen (secondary N) is 1. The van der Waals surface area contributed by atoms with E-state index in [1.165, 1.54) is 6.92 Å². The van der Waals surface area contributed by atoms with E-state index in [2.05, 4.69) is 15.3 Å². The molecular weight excluding hydrogens is 235 g/mol. The fourth-order valence-electron chi connectivity index (χ4n) is 1.23. The van der Waals surface area contributed by atoms with Gasteiger partial charge in [0.2, 0.25) is 0 Å². The molecule has 1 N–H and O–H groups in total. The molecule has 1 rings (SSSR count). The Morgan fingerprint density at radius 3 is 2.65 bits per heavy atom. The molecule has 1 heterocycles. The second-order valence-corrected chi connectivity index (χ2v) is 3.35. The lowest BCUT2D eigenvalue weighted by molar-refractivity contribution is 0.0182. The van der Waals surface area contributed by atoms with Gasteiger partial charge >= 0.3 is 0 Å². The summed E-state index contributed by atoms with van der Waals surface area (Å²) in [5, 5.41) is 2.60. The van der Waals surface area contributed by atoms with E-state index >= 15 is 0 Å². The Balaban J connectivity index is 2.57. The van der Waals surface area contributed by atoms with Gasteiger partial charge in [0.25, 0.3) is 6.43 Å². The minimum absolute atomic E-state index is 0.0819. The van der Waals surface area contributed by atoms with Crippen molar-refractivity contribution in [2.45, 2.75) is 19.8 Å². The second kappa shape index (κ2) is 6.39. The summed E-state index contributed by atoms with van der Waals surface area (Å²) >= 11 is 0. The molecule has 4 nitrogen and oxygen atoms in total. The fourth-order valence-corrected chi connectivity index (χ4v) is 1.23. The highest BCUT2D eigenvalue weighted by Gasteiger charge is 2.10. The Morgan fingerprint density at radius 1 is 1.35 bits per heavy atom. The molecule has 0 bridgehead atoms. The van der Waals surface area contributed by atoms with Crippen LogP contribution in [0.5, 0.6) is 0 Å². The van der Waals surface area contributed by atoms with Gasteiger partial charge in [0.05, 0.1) is 12.3 Å². The highest BCUT2D eigenvalue weighted by atomic mass is 19.3. The van der Waals surface area contributed by atoms with Crippen LogP contribution in [0.4, 0.5) is 19.0 Å². The molecule has 0 spiro atoms. The van der Waals surface area contributed by atoms with Crippen molar-refractivity contribution in [2.24, 2.45) is 0 Å². The van der Waals surface area contributed by atoms with Gasteiger partial charge < -0.3 is 10.1 Å². The average molecular weight is 249 g/mol. The number of hydrogen-bond donors (Lipinski definition) is 1. The summed E-state index contributed by atoms with van der Waals surface area (Å²) in [6, 6.07) is 0. The number of alkyl halides is 2. The van der Waals surface area contributed by atoms with Crippen LogP contribution < -0.4 is 5.32 Å². The third-order valence-electron chi connectivity index (χ3n) is 2.01. The SMILES string of the molecule is CNc1nc(CCOCC(F)F)nc(C)c1F. The standard InChI is InChI=1S/C10H14F3N3O/c1-6-9(13)10(14-2)16-8(15-6)3-4-17-5-7(11)12/h7H,3-5H2,1-2H3,(H,14,15,16). The van der Waals surface area contributed by atoms with Crippen molar-refractivity contribution in [1.29, 1.82) is 0 Å². The van der Waals surface area contributed by atoms with Gasteiger partial charge in [-0.25, -0.2) is 23.1 Å². The number of hydrogen-bond acceptors (Lipinski definition) is 4. The first kappa shape index (κ1) is 13.7. The summed E-state index contributed by atoms with van der Waals surface area (Å²) in [6.45, 7) is 0.985. The maximum absolute atomic E-state index is 13.4. The van der Waals surface area contributed by atoms with Gasteiger partial charge in [0.1, 0.15) is 12.4 Å². The minimum atomic E-state index is -2.49. The molecule has 1 aromatic heterocycles. The Morgan fingerprint density at radius 2 is 2.06 bits per heavy atom. The van der Waals surface area contributed by atoms with Gasteiger partial charge in [-0.1, -0.05) is 0 Å². The quantitative estimate of drug-likeness (QED) is 0.781. The molecule has 0 radical (unpaired) electrons. The second-order valence-electron chi connectivity index (χ2n) is 3.35. The van der Waals surface area contributed by atoms with Crippen LogP contribution in [0.1, 0.15) is 11.5 Å². The summed E-state index contributed by atoms with van der Waals surface area (Å²) < 4.78 is 41.6. The van der Waals surface area contributed by atoms with Gasteiger partial charge in [-0.3, -0.25) is 0 Å².